The van der Waals surface area contributed by atoms with Crippen molar-refractivity contribution in [3.63, 3.8) is 0 Å². The van der Waals surface area contributed by atoms with Crippen LogP contribution < -0.4 is 10.6 Å². The maximum absolute atomic E-state index is 11.9. The zero-order valence-corrected chi connectivity index (χ0v) is 14.0. The molecule has 3 rings (SSSR count). The zero-order valence-electron chi connectivity index (χ0n) is 13.2. The highest BCUT2D eigenvalue weighted by Gasteiger charge is 2.22. The average molecular weight is 331 g/mol. The largest absolute Gasteiger partial charge is 0.336 e. The molecule has 0 saturated carbocycles. The van der Waals surface area contributed by atoms with Crippen LogP contribution in [-0.4, -0.2) is 40.3 Å². The average Bonchev–Trinajstić information content (AvgIpc) is 3.08. The Labute approximate surface area is 139 Å². The van der Waals surface area contributed by atoms with Gasteiger partial charge in [0.2, 0.25) is 5.13 Å². The molecule has 122 valence electrons. The standard InChI is InChI=1S/C16H21N5OS/c1-2-14(9-17-15(22)19-16-20-18-11-23-16)21-8-7-12-5-3-4-6-13(12)10-21/h3-6,11,14H,2,7-10H2,1H3,(H2,17,19,20,22)/t14-/m1/s1. The molecule has 6 nitrogen and oxygen atoms in total. The van der Waals surface area contributed by atoms with Crippen LogP contribution >= 0.6 is 11.3 Å². The van der Waals surface area contributed by atoms with Gasteiger partial charge in [-0.15, -0.1) is 10.2 Å². The number of nitrogens with one attached hydrogen (secondary N) is 2. The molecule has 1 aliphatic heterocycles. The number of hydrogen-bond acceptors (Lipinski definition) is 5. The molecule has 0 saturated heterocycles. The molecule has 1 aromatic carbocycles. The van der Waals surface area contributed by atoms with Crippen molar-refractivity contribution in [2.45, 2.75) is 32.4 Å². The Hall–Kier alpha value is -1.99. The summed E-state index contributed by atoms with van der Waals surface area (Å²) in [4.78, 5) is 14.4. The van der Waals surface area contributed by atoms with Crippen LogP contribution in [0.15, 0.2) is 29.8 Å². The van der Waals surface area contributed by atoms with Crippen LogP contribution in [0.5, 0.6) is 0 Å². The number of hydrogen-bond donors (Lipinski definition) is 2. The summed E-state index contributed by atoms with van der Waals surface area (Å²) < 4.78 is 0. The number of rotatable bonds is 5. The van der Waals surface area contributed by atoms with Crippen molar-refractivity contribution in [1.82, 2.24) is 20.4 Å². The molecule has 0 aliphatic carbocycles. The Morgan fingerprint density at radius 3 is 2.96 bits per heavy atom. The summed E-state index contributed by atoms with van der Waals surface area (Å²) in [5.41, 5.74) is 4.44. The van der Waals surface area contributed by atoms with Gasteiger partial charge in [-0.2, -0.15) is 0 Å². The molecule has 0 bridgehead atoms. The van der Waals surface area contributed by atoms with E-state index in [1.165, 1.54) is 22.5 Å². The van der Waals surface area contributed by atoms with Crippen LogP contribution in [0.25, 0.3) is 0 Å². The third-order valence-electron chi connectivity index (χ3n) is 4.23. The maximum Gasteiger partial charge on any atom is 0.321 e. The zero-order chi connectivity index (χ0) is 16.1. The lowest BCUT2D eigenvalue weighted by atomic mass is 9.98. The van der Waals surface area contributed by atoms with E-state index in [0.717, 1.165) is 25.9 Å². The highest BCUT2D eigenvalue weighted by atomic mass is 32.1. The lowest BCUT2D eigenvalue weighted by molar-refractivity contribution is 0.170. The summed E-state index contributed by atoms with van der Waals surface area (Å²) >= 11 is 1.31. The minimum atomic E-state index is -0.224. The van der Waals surface area contributed by atoms with E-state index in [0.29, 0.717) is 17.7 Å². The van der Waals surface area contributed by atoms with Gasteiger partial charge in [0.15, 0.2) is 0 Å². The van der Waals surface area contributed by atoms with Crippen LogP contribution in [0.4, 0.5) is 9.93 Å². The summed E-state index contributed by atoms with van der Waals surface area (Å²) in [7, 11) is 0. The van der Waals surface area contributed by atoms with E-state index in [1.807, 2.05) is 0 Å². The van der Waals surface area contributed by atoms with Crippen LogP contribution in [0, 0.1) is 0 Å². The van der Waals surface area contributed by atoms with Crippen molar-refractivity contribution >= 4 is 22.5 Å². The van der Waals surface area contributed by atoms with Gasteiger partial charge in [0.1, 0.15) is 5.51 Å². The fourth-order valence-electron chi connectivity index (χ4n) is 2.94. The first-order valence-electron chi connectivity index (χ1n) is 7.88. The van der Waals surface area contributed by atoms with Gasteiger partial charge in [-0.05, 0) is 24.0 Å². The lowest BCUT2D eigenvalue weighted by Crippen LogP contribution is -2.46. The molecule has 0 spiro atoms. The molecule has 1 atom stereocenters. The number of anilines is 1. The van der Waals surface area contributed by atoms with Crippen molar-refractivity contribution in [3.8, 4) is 0 Å². The molecule has 1 aliphatic rings. The Bertz CT molecular complexity index is 646. The van der Waals surface area contributed by atoms with Crippen molar-refractivity contribution in [2.75, 3.05) is 18.4 Å². The SMILES string of the molecule is CC[C@H](CNC(=O)Nc1nncs1)N1CCc2ccccc2C1. The molecule has 0 unspecified atom stereocenters. The molecule has 0 fully saturated rings. The molecule has 2 amide bonds. The first-order chi connectivity index (χ1) is 11.3. The Balaban J connectivity index is 1.53. The van der Waals surface area contributed by atoms with Crippen molar-refractivity contribution in [3.05, 3.63) is 40.9 Å². The second-order valence-corrected chi connectivity index (χ2v) is 6.46. The molecular formula is C16H21N5OS. The molecule has 2 heterocycles. The first kappa shape index (κ1) is 15.9. The minimum absolute atomic E-state index is 0.224. The van der Waals surface area contributed by atoms with Gasteiger partial charge in [0.05, 0.1) is 0 Å². The first-order valence-corrected chi connectivity index (χ1v) is 8.76. The number of benzene rings is 1. The van der Waals surface area contributed by atoms with Gasteiger partial charge in [-0.1, -0.05) is 42.5 Å². The number of aromatic nitrogens is 2. The topological polar surface area (TPSA) is 70.1 Å². The van der Waals surface area contributed by atoms with E-state index >= 15 is 0 Å². The van der Waals surface area contributed by atoms with E-state index in [9.17, 15) is 4.79 Å². The summed E-state index contributed by atoms with van der Waals surface area (Å²) in [6.45, 7) is 4.78. The van der Waals surface area contributed by atoms with Crippen LogP contribution in [0.2, 0.25) is 0 Å². The number of carbonyl (C=O) groups is 1. The summed E-state index contributed by atoms with van der Waals surface area (Å²) in [5.74, 6) is 0. The number of nitrogens with zero attached hydrogens (tertiary/aromatic N) is 3. The molecule has 2 aromatic rings. The lowest BCUT2D eigenvalue weighted by Gasteiger charge is -2.35. The van der Waals surface area contributed by atoms with Crippen molar-refractivity contribution < 1.29 is 4.79 Å². The molecule has 7 heteroatoms. The van der Waals surface area contributed by atoms with Crippen molar-refractivity contribution in [1.29, 1.82) is 0 Å². The van der Waals surface area contributed by atoms with Crippen LogP contribution in [0.1, 0.15) is 24.5 Å². The second-order valence-electron chi connectivity index (χ2n) is 5.63. The van der Waals surface area contributed by atoms with Gasteiger partial charge < -0.3 is 5.32 Å². The molecule has 23 heavy (non-hydrogen) atoms. The molecular weight excluding hydrogens is 310 g/mol. The third-order valence-corrected chi connectivity index (χ3v) is 4.83. The van der Waals surface area contributed by atoms with E-state index in [4.69, 9.17) is 0 Å². The molecule has 2 N–H and O–H groups in total. The number of carbonyl (C=O) groups excluding carboxylic acids is 1. The Kier molecular flexibility index (Phi) is 5.19. The number of amides is 2. The molecule has 0 radical (unpaired) electrons. The van der Waals surface area contributed by atoms with Gasteiger partial charge in [-0.25, -0.2) is 4.79 Å². The van der Waals surface area contributed by atoms with E-state index < -0.39 is 0 Å². The summed E-state index contributed by atoms with van der Waals surface area (Å²) in [6, 6.07) is 8.72. The van der Waals surface area contributed by atoms with Crippen molar-refractivity contribution in [2.24, 2.45) is 0 Å². The summed E-state index contributed by atoms with van der Waals surface area (Å²) in [5, 5.41) is 13.7. The Morgan fingerprint density at radius 2 is 2.22 bits per heavy atom. The van der Waals surface area contributed by atoms with Gasteiger partial charge in [-0.3, -0.25) is 10.2 Å². The fourth-order valence-corrected chi connectivity index (χ4v) is 3.38. The van der Waals surface area contributed by atoms with E-state index in [1.54, 1.807) is 5.51 Å². The Morgan fingerprint density at radius 1 is 1.39 bits per heavy atom. The number of urea groups is 1. The predicted molar refractivity (Wildman–Crippen MR) is 91.6 cm³/mol. The smallest absolute Gasteiger partial charge is 0.321 e. The fraction of sp³-hybridized carbons (Fsp3) is 0.438. The highest BCUT2D eigenvalue weighted by Crippen LogP contribution is 2.21. The number of fused-ring (bicyclic) bond motifs is 1. The van der Waals surface area contributed by atoms with Gasteiger partial charge >= 0.3 is 6.03 Å². The quantitative estimate of drug-likeness (QED) is 0.883. The monoisotopic (exact) mass is 331 g/mol. The second kappa shape index (κ2) is 7.52. The van der Waals surface area contributed by atoms with Gasteiger partial charge in [0, 0.05) is 25.7 Å². The molecule has 1 aromatic heterocycles. The third kappa shape index (κ3) is 4.05. The van der Waals surface area contributed by atoms with E-state index in [-0.39, 0.29) is 6.03 Å². The minimum Gasteiger partial charge on any atom is -0.336 e. The van der Waals surface area contributed by atoms with Gasteiger partial charge in [0.25, 0.3) is 0 Å². The van der Waals surface area contributed by atoms with Crippen LogP contribution in [-0.2, 0) is 13.0 Å². The summed E-state index contributed by atoms with van der Waals surface area (Å²) in [6.07, 6.45) is 2.07. The predicted octanol–water partition coefficient (Wildman–Crippen LogP) is 2.50. The highest BCUT2D eigenvalue weighted by molar-refractivity contribution is 7.13. The van der Waals surface area contributed by atoms with Crippen LogP contribution in [0.3, 0.4) is 0 Å². The normalized spacial score (nSPS) is 15.7. The van der Waals surface area contributed by atoms with E-state index in [2.05, 4.69) is 56.9 Å². The maximum atomic E-state index is 11.9.